The molecule has 0 radical (unpaired) electrons. The lowest BCUT2D eigenvalue weighted by molar-refractivity contribution is -0.143. The van der Waals surface area contributed by atoms with Crippen LogP contribution in [-0.4, -0.2) is 36.2 Å². The number of aliphatic carboxylic acids is 1. The number of hydrogen-bond acceptors (Lipinski definition) is 4. The molecular formula is C13H17ClN2O4. The number of carbonyl (C=O) groups is 2. The van der Waals surface area contributed by atoms with Gasteiger partial charge in [-0.1, -0.05) is 11.6 Å². The van der Waals surface area contributed by atoms with Crippen molar-refractivity contribution in [3.8, 4) is 5.75 Å². The van der Waals surface area contributed by atoms with Crippen LogP contribution in [-0.2, 0) is 9.59 Å². The summed E-state index contributed by atoms with van der Waals surface area (Å²) < 4.78 is 5.10. The standard InChI is InChI=1S/C13H17ClN2O4/c1-13(2,12(18)19)15-7-11(17)16-9-6-8(14)4-5-10(9)20-3/h4-6,15H,7H2,1-3H3,(H,16,17)(H,18,19). The molecule has 0 spiro atoms. The Bertz CT molecular complexity index is 517. The van der Waals surface area contributed by atoms with E-state index in [4.69, 9.17) is 21.4 Å². The molecule has 0 unspecified atom stereocenters. The van der Waals surface area contributed by atoms with Gasteiger partial charge in [-0.25, -0.2) is 0 Å². The molecule has 1 amide bonds. The molecule has 6 nitrogen and oxygen atoms in total. The van der Waals surface area contributed by atoms with E-state index in [-0.39, 0.29) is 12.5 Å². The van der Waals surface area contributed by atoms with Gasteiger partial charge >= 0.3 is 5.97 Å². The zero-order valence-electron chi connectivity index (χ0n) is 11.5. The predicted octanol–water partition coefficient (Wildman–Crippen LogP) is 1.74. The molecule has 1 aromatic carbocycles. The van der Waals surface area contributed by atoms with Crippen LogP contribution in [0.4, 0.5) is 5.69 Å². The van der Waals surface area contributed by atoms with Crippen LogP contribution in [0.1, 0.15) is 13.8 Å². The van der Waals surface area contributed by atoms with Crippen molar-refractivity contribution in [1.29, 1.82) is 0 Å². The summed E-state index contributed by atoms with van der Waals surface area (Å²) in [7, 11) is 1.48. The van der Waals surface area contributed by atoms with Gasteiger partial charge in [-0.05, 0) is 32.0 Å². The van der Waals surface area contributed by atoms with Crippen molar-refractivity contribution in [1.82, 2.24) is 5.32 Å². The molecule has 110 valence electrons. The van der Waals surface area contributed by atoms with E-state index >= 15 is 0 Å². The summed E-state index contributed by atoms with van der Waals surface area (Å²) >= 11 is 5.85. The highest BCUT2D eigenvalue weighted by Gasteiger charge is 2.26. The zero-order valence-corrected chi connectivity index (χ0v) is 12.2. The van der Waals surface area contributed by atoms with Crippen LogP contribution in [0.3, 0.4) is 0 Å². The fraction of sp³-hybridized carbons (Fsp3) is 0.385. The number of hydrogen-bond donors (Lipinski definition) is 3. The average molecular weight is 301 g/mol. The second-order valence-electron chi connectivity index (χ2n) is 4.68. The van der Waals surface area contributed by atoms with Crippen LogP contribution in [0.25, 0.3) is 0 Å². The highest BCUT2D eigenvalue weighted by molar-refractivity contribution is 6.31. The van der Waals surface area contributed by atoms with E-state index < -0.39 is 11.5 Å². The van der Waals surface area contributed by atoms with Crippen molar-refractivity contribution in [2.45, 2.75) is 19.4 Å². The third-order valence-electron chi connectivity index (χ3n) is 2.66. The molecule has 0 aliphatic carbocycles. The summed E-state index contributed by atoms with van der Waals surface area (Å²) in [6.45, 7) is 2.81. The molecule has 3 N–H and O–H groups in total. The lowest BCUT2D eigenvalue weighted by atomic mass is 10.1. The molecule has 0 fully saturated rings. The van der Waals surface area contributed by atoms with Crippen LogP contribution in [0.15, 0.2) is 18.2 Å². The van der Waals surface area contributed by atoms with Gasteiger partial charge in [0.05, 0.1) is 19.3 Å². The van der Waals surface area contributed by atoms with E-state index in [1.165, 1.54) is 21.0 Å². The number of carboxylic acid groups (broad SMARTS) is 1. The molecule has 7 heteroatoms. The molecule has 0 aliphatic rings. The van der Waals surface area contributed by atoms with Gasteiger partial charge in [0.25, 0.3) is 0 Å². The second kappa shape index (κ2) is 6.58. The maximum Gasteiger partial charge on any atom is 0.323 e. The zero-order chi connectivity index (χ0) is 15.3. The molecular weight excluding hydrogens is 284 g/mol. The van der Waals surface area contributed by atoms with Crippen molar-refractivity contribution >= 4 is 29.2 Å². The Morgan fingerprint density at radius 1 is 1.40 bits per heavy atom. The molecule has 0 saturated carbocycles. The molecule has 20 heavy (non-hydrogen) atoms. The van der Waals surface area contributed by atoms with Gasteiger partial charge in [0, 0.05) is 5.02 Å². The summed E-state index contributed by atoms with van der Waals surface area (Å²) in [5, 5.41) is 14.6. The summed E-state index contributed by atoms with van der Waals surface area (Å²) in [6.07, 6.45) is 0. The third-order valence-corrected chi connectivity index (χ3v) is 2.90. The molecule has 0 heterocycles. The molecule has 0 aromatic heterocycles. The quantitative estimate of drug-likeness (QED) is 0.745. The SMILES string of the molecule is COc1ccc(Cl)cc1NC(=O)CNC(C)(C)C(=O)O. The lowest BCUT2D eigenvalue weighted by Gasteiger charge is -2.20. The molecule has 0 aliphatic heterocycles. The lowest BCUT2D eigenvalue weighted by Crippen LogP contribution is -2.49. The largest absolute Gasteiger partial charge is 0.495 e. The Hall–Kier alpha value is -1.79. The minimum Gasteiger partial charge on any atom is -0.495 e. The topological polar surface area (TPSA) is 87.7 Å². The number of methoxy groups -OCH3 is 1. The van der Waals surface area contributed by atoms with Gasteiger partial charge < -0.3 is 15.2 Å². The number of ether oxygens (including phenoxy) is 1. The first-order chi connectivity index (χ1) is 9.26. The molecule has 1 rings (SSSR count). The number of nitrogens with one attached hydrogen (secondary N) is 2. The van der Waals surface area contributed by atoms with Gasteiger partial charge in [-0.3, -0.25) is 14.9 Å². The molecule has 0 saturated heterocycles. The Kier molecular flexibility index (Phi) is 5.35. The Morgan fingerprint density at radius 2 is 2.05 bits per heavy atom. The Labute approximate surface area is 122 Å². The van der Waals surface area contributed by atoms with Crippen LogP contribution < -0.4 is 15.4 Å². The van der Waals surface area contributed by atoms with E-state index in [2.05, 4.69) is 10.6 Å². The summed E-state index contributed by atoms with van der Waals surface area (Å²) in [5.74, 6) is -0.953. The van der Waals surface area contributed by atoms with E-state index in [1.807, 2.05) is 0 Å². The van der Waals surface area contributed by atoms with E-state index in [9.17, 15) is 9.59 Å². The smallest absolute Gasteiger partial charge is 0.323 e. The third kappa shape index (κ3) is 4.40. The van der Waals surface area contributed by atoms with Crippen molar-refractivity contribution in [3.05, 3.63) is 23.2 Å². The minimum absolute atomic E-state index is 0.144. The summed E-state index contributed by atoms with van der Waals surface area (Å²) in [5.41, 5.74) is -0.754. The first-order valence-corrected chi connectivity index (χ1v) is 6.26. The number of amides is 1. The number of benzene rings is 1. The van der Waals surface area contributed by atoms with E-state index in [0.29, 0.717) is 16.5 Å². The number of carboxylic acids is 1. The van der Waals surface area contributed by atoms with Gasteiger partial charge in [0.15, 0.2) is 0 Å². The number of rotatable bonds is 6. The monoisotopic (exact) mass is 300 g/mol. The molecule has 0 atom stereocenters. The average Bonchev–Trinajstić information content (AvgIpc) is 2.36. The van der Waals surface area contributed by atoms with Crippen molar-refractivity contribution in [3.63, 3.8) is 0 Å². The van der Waals surface area contributed by atoms with Crippen LogP contribution in [0.5, 0.6) is 5.75 Å². The maximum absolute atomic E-state index is 11.8. The predicted molar refractivity (Wildman–Crippen MR) is 76.4 cm³/mol. The first kappa shape index (κ1) is 16.3. The van der Waals surface area contributed by atoms with E-state index in [1.54, 1.807) is 18.2 Å². The molecule has 0 bridgehead atoms. The van der Waals surface area contributed by atoms with Crippen LogP contribution in [0, 0.1) is 0 Å². The number of halogens is 1. The normalized spacial score (nSPS) is 11.0. The van der Waals surface area contributed by atoms with Crippen molar-refractivity contribution in [2.75, 3.05) is 19.0 Å². The van der Waals surface area contributed by atoms with Gasteiger partial charge in [-0.15, -0.1) is 0 Å². The fourth-order valence-corrected chi connectivity index (χ4v) is 1.52. The highest BCUT2D eigenvalue weighted by Crippen LogP contribution is 2.27. The van der Waals surface area contributed by atoms with Gasteiger partial charge in [0.2, 0.25) is 5.91 Å². The first-order valence-electron chi connectivity index (χ1n) is 5.88. The number of anilines is 1. The van der Waals surface area contributed by atoms with E-state index in [0.717, 1.165) is 0 Å². The Balaban J connectivity index is 2.68. The maximum atomic E-state index is 11.8. The second-order valence-corrected chi connectivity index (χ2v) is 5.11. The summed E-state index contributed by atoms with van der Waals surface area (Å²) in [6, 6.07) is 4.83. The van der Waals surface area contributed by atoms with Gasteiger partial charge in [-0.2, -0.15) is 0 Å². The van der Waals surface area contributed by atoms with Gasteiger partial charge in [0.1, 0.15) is 11.3 Å². The highest BCUT2D eigenvalue weighted by atomic mass is 35.5. The van der Waals surface area contributed by atoms with Crippen LogP contribution >= 0.6 is 11.6 Å². The summed E-state index contributed by atoms with van der Waals surface area (Å²) in [4.78, 5) is 22.7. The number of carbonyl (C=O) groups excluding carboxylic acids is 1. The van der Waals surface area contributed by atoms with Crippen molar-refractivity contribution in [2.24, 2.45) is 0 Å². The molecule has 1 aromatic rings. The Morgan fingerprint density at radius 3 is 2.60 bits per heavy atom. The van der Waals surface area contributed by atoms with Crippen molar-refractivity contribution < 1.29 is 19.4 Å². The van der Waals surface area contributed by atoms with Crippen LogP contribution in [0.2, 0.25) is 5.02 Å². The fourth-order valence-electron chi connectivity index (χ4n) is 1.35. The minimum atomic E-state index is -1.18.